The van der Waals surface area contributed by atoms with Crippen LogP contribution in [0.5, 0.6) is 0 Å². The molecule has 0 radical (unpaired) electrons. The third kappa shape index (κ3) is 4.33. The van der Waals surface area contributed by atoms with Gasteiger partial charge in [0.25, 0.3) is 0 Å². The van der Waals surface area contributed by atoms with Gasteiger partial charge in [0, 0.05) is 0 Å². The standard InChI is InChI=1S/C7H12BrNO3/c1-3-11-7(10)6(5-8)9-12-4-2/h3-5H2,1-2H3/b9-6+. The quantitative estimate of drug-likeness (QED) is 0.314. The van der Waals surface area contributed by atoms with Crippen molar-refractivity contribution in [1.29, 1.82) is 0 Å². The lowest BCUT2D eigenvalue weighted by Gasteiger charge is -2.01. The largest absolute Gasteiger partial charge is 0.461 e. The summed E-state index contributed by atoms with van der Waals surface area (Å²) in [5.74, 6) is -0.442. The normalized spacial score (nSPS) is 11.1. The second kappa shape index (κ2) is 7.09. The molecule has 0 aromatic rings. The fourth-order valence-corrected chi connectivity index (χ4v) is 0.804. The number of halogens is 1. The summed E-state index contributed by atoms with van der Waals surface area (Å²) >= 11 is 3.11. The molecular formula is C7H12BrNO3. The molecule has 0 aromatic heterocycles. The van der Waals surface area contributed by atoms with Gasteiger partial charge in [-0.1, -0.05) is 21.1 Å². The predicted molar refractivity (Wildman–Crippen MR) is 49.5 cm³/mol. The zero-order valence-electron chi connectivity index (χ0n) is 7.17. The van der Waals surface area contributed by atoms with E-state index >= 15 is 0 Å². The number of alkyl halides is 1. The fraction of sp³-hybridized carbons (Fsp3) is 0.714. The van der Waals surface area contributed by atoms with Crippen LogP contribution in [0.1, 0.15) is 13.8 Å². The van der Waals surface area contributed by atoms with Gasteiger partial charge < -0.3 is 9.57 Å². The van der Waals surface area contributed by atoms with Crippen molar-refractivity contribution in [3.63, 3.8) is 0 Å². The highest BCUT2D eigenvalue weighted by molar-refractivity contribution is 9.09. The molecule has 0 N–H and O–H groups in total. The van der Waals surface area contributed by atoms with Crippen LogP contribution in [-0.2, 0) is 14.4 Å². The van der Waals surface area contributed by atoms with E-state index < -0.39 is 5.97 Å². The average Bonchev–Trinajstić information content (AvgIpc) is 2.06. The first kappa shape index (κ1) is 11.4. The summed E-state index contributed by atoms with van der Waals surface area (Å²) in [5, 5.41) is 3.91. The Bertz CT molecular complexity index is 170. The Hall–Kier alpha value is -0.580. The summed E-state index contributed by atoms with van der Waals surface area (Å²) in [6.45, 7) is 4.32. The van der Waals surface area contributed by atoms with Crippen molar-refractivity contribution in [3.05, 3.63) is 0 Å². The zero-order valence-corrected chi connectivity index (χ0v) is 8.76. The molecule has 0 unspecified atom stereocenters. The third-order valence-corrected chi connectivity index (χ3v) is 1.47. The second-order valence-electron chi connectivity index (χ2n) is 1.81. The highest BCUT2D eigenvalue weighted by Gasteiger charge is 2.11. The van der Waals surface area contributed by atoms with Crippen LogP contribution in [0.15, 0.2) is 5.16 Å². The van der Waals surface area contributed by atoms with Crippen LogP contribution in [0.25, 0.3) is 0 Å². The van der Waals surface area contributed by atoms with Gasteiger partial charge >= 0.3 is 5.97 Å². The van der Waals surface area contributed by atoms with Crippen molar-refractivity contribution in [2.24, 2.45) is 5.16 Å². The minimum absolute atomic E-state index is 0.249. The highest BCUT2D eigenvalue weighted by atomic mass is 79.9. The van der Waals surface area contributed by atoms with Gasteiger partial charge in [0.2, 0.25) is 0 Å². The van der Waals surface area contributed by atoms with Gasteiger partial charge in [0.1, 0.15) is 6.61 Å². The molecule has 0 aliphatic heterocycles. The Morgan fingerprint density at radius 1 is 1.42 bits per heavy atom. The summed E-state index contributed by atoms with van der Waals surface area (Å²) in [5.41, 5.74) is 0.249. The van der Waals surface area contributed by atoms with E-state index in [0.29, 0.717) is 18.5 Å². The first-order chi connectivity index (χ1) is 5.76. The van der Waals surface area contributed by atoms with Gasteiger partial charge in [-0.05, 0) is 13.8 Å². The van der Waals surface area contributed by atoms with Gasteiger partial charge in [-0.15, -0.1) is 0 Å². The molecule has 0 fully saturated rings. The monoisotopic (exact) mass is 237 g/mol. The topological polar surface area (TPSA) is 47.9 Å². The Balaban J connectivity index is 4.04. The van der Waals surface area contributed by atoms with Gasteiger partial charge in [-0.2, -0.15) is 0 Å². The molecule has 0 rings (SSSR count). The number of carbonyl (C=O) groups excluding carboxylic acids is 1. The molecule has 0 aliphatic rings. The number of nitrogens with zero attached hydrogens (tertiary/aromatic N) is 1. The molecule has 0 spiro atoms. The Labute approximate surface area is 80.0 Å². The molecule has 0 aliphatic carbocycles. The van der Waals surface area contributed by atoms with E-state index in [4.69, 9.17) is 9.57 Å². The number of hydrogen-bond donors (Lipinski definition) is 0. The maximum atomic E-state index is 11.0. The molecule has 0 saturated heterocycles. The van der Waals surface area contributed by atoms with E-state index in [0.717, 1.165) is 0 Å². The minimum Gasteiger partial charge on any atom is -0.461 e. The summed E-state index contributed by atoms with van der Waals surface area (Å²) in [6.07, 6.45) is 0. The maximum absolute atomic E-state index is 11.0. The van der Waals surface area contributed by atoms with Crippen LogP contribution >= 0.6 is 15.9 Å². The zero-order chi connectivity index (χ0) is 9.40. The summed E-state index contributed by atoms with van der Waals surface area (Å²) < 4.78 is 4.71. The van der Waals surface area contributed by atoms with E-state index in [2.05, 4.69) is 21.1 Å². The summed E-state index contributed by atoms with van der Waals surface area (Å²) in [7, 11) is 0. The van der Waals surface area contributed by atoms with E-state index in [9.17, 15) is 4.79 Å². The summed E-state index contributed by atoms with van der Waals surface area (Å²) in [6, 6.07) is 0. The molecule has 4 nitrogen and oxygen atoms in total. The van der Waals surface area contributed by atoms with Crippen LogP contribution in [0.3, 0.4) is 0 Å². The number of hydrogen-bond acceptors (Lipinski definition) is 4. The van der Waals surface area contributed by atoms with Gasteiger partial charge in [-0.25, -0.2) is 4.79 Å². The van der Waals surface area contributed by atoms with Gasteiger partial charge in [0.15, 0.2) is 5.71 Å². The van der Waals surface area contributed by atoms with Crippen LogP contribution in [0.2, 0.25) is 0 Å². The molecular weight excluding hydrogens is 226 g/mol. The predicted octanol–water partition coefficient (Wildman–Crippen LogP) is 1.34. The van der Waals surface area contributed by atoms with Crippen molar-refractivity contribution in [3.8, 4) is 0 Å². The molecule has 0 atom stereocenters. The van der Waals surface area contributed by atoms with E-state index in [1.807, 2.05) is 0 Å². The summed E-state index contributed by atoms with van der Waals surface area (Å²) in [4.78, 5) is 15.7. The maximum Gasteiger partial charge on any atom is 0.356 e. The molecule has 5 heteroatoms. The lowest BCUT2D eigenvalue weighted by molar-refractivity contribution is -0.135. The lowest BCUT2D eigenvalue weighted by Crippen LogP contribution is -2.19. The van der Waals surface area contributed by atoms with Gasteiger partial charge in [-0.3, -0.25) is 0 Å². The minimum atomic E-state index is -0.442. The van der Waals surface area contributed by atoms with Crippen LogP contribution < -0.4 is 0 Å². The molecule has 70 valence electrons. The number of rotatable bonds is 5. The van der Waals surface area contributed by atoms with Crippen molar-refractivity contribution in [1.82, 2.24) is 0 Å². The first-order valence-corrected chi connectivity index (χ1v) is 4.80. The van der Waals surface area contributed by atoms with E-state index in [-0.39, 0.29) is 5.71 Å². The van der Waals surface area contributed by atoms with Gasteiger partial charge in [0.05, 0.1) is 11.9 Å². The average molecular weight is 238 g/mol. The Kier molecular flexibility index (Phi) is 6.75. The fourth-order valence-electron chi connectivity index (χ4n) is 0.473. The van der Waals surface area contributed by atoms with Crippen LogP contribution in [0, 0.1) is 0 Å². The molecule has 0 amide bonds. The molecule has 0 heterocycles. The van der Waals surface area contributed by atoms with Crippen LogP contribution in [-0.4, -0.2) is 30.2 Å². The third-order valence-electron chi connectivity index (χ3n) is 0.941. The SMILES string of the molecule is CCO/N=C(\CBr)C(=O)OCC. The molecule has 0 saturated carbocycles. The van der Waals surface area contributed by atoms with Crippen molar-refractivity contribution in [2.45, 2.75) is 13.8 Å². The smallest absolute Gasteiger partial charge is 0.356 e. The van der Waals surface area contributed by atoms with E-state index in [1.54, 1.807) is 13.8 Å². The number of ether oxygens (including phenoxy) is 1. The van der Waals surface area contributed by atoms with Crippen molar-refractivity contribution in [2.75, 3.05) is 18.5 Å². The first-order valence-electron chi connectivity index (χ1n) is 3.68. The van der Waals surface area contributed by atoms with E-state index in [1.165, 1.54) is 0 Å². The van der Waals surface area contributed by atoms with Crippen molar-refractivity contribution >= 4 is 27.6 Å². The Morgan fingerprint density at radius 2 is 2.08 bits per heavy atom. The molecule has 0 aromatic carbocycles. The van der Waals surface area contributed by atoms with Crippen molar-refractivity contribution < 1.29 is 14.4 Å². The highest BCUT2D eigenvalue weighted by Crippen LogP contribution is 1.92. The number of carbonyl (C=O) groups is 1. The molecule has 0 bridgehead atoms. The second-order valence-corrected chi connectivity index (χ2v) is 2.37. The molecule has 12 heavy (non-hydrogen) atoms. The lowest BCUT2D eigenvalue weighted by atomic mass is 10.4. The Morgan fingerprint density at radius 3 is 2.50 bits per heavy atom. The number of oxime groups is 1. The van der Waals surface area contributed by atoms with Crippen LogP contribution in [0.4, 0.5) is 0 Å². The number of esters is 1.